The summed E-state index contributed by atoms with van der Waals surface area (Å²) in [4.78, 5) is 25.0. The van der Waals surface area contributed by atoms with E-state index >= 15 is 0 Å². The highest BCUT2D eigenvalue weighted by atomic mass is 32.2. The zero-order valence-corrected chi connectivity index (χ0v) is 13.8. The first-order valence-electron chi connectivity index (χ1n) is 7.32. The number of likely N-dealkylation sites (N-methyl/N-ethyl adjacent to an activating group) is 1. The van der Waals surface area contributed by atoms with Gasteiger partial charge in [0.1, 0.15) is 11.5 Å². The molecule has 1 aromatic heterocycles. The van der Waals surface area contributed by atoms with Gasteiger partial charge >= 0.3 is 6.18 Å². The number of benzene rings is 1. The molecule has 25 heavy (non-hydrogen) atoms. The van der Waals surface area contributed by atoms with Crippen molar-refractivity contribution in [2.75, 3.05) is 6.54 Å². The van der Waals surface area contributed by atoms with E-state index in [0.29, 0.717) is 0 Å². The van der Waals surface area contributed by atoms with Crippen LogP contribution in [0.4, 0.5) is 18.0 Å². The second-order valence-electron chi connectivity index (χ2n) is 5.21. The second-order valence-corrected chi connectivity index (χ2v) is 6.20. The fourth-order valence-electron chi connectivity index (χ4n) is 2.34. The Morgan fingerprint density at radius 2 is 1.96 bits per heavy atom. The molecule has 2 amide bonds. The van der Waals surface area contributed by atoms with Crippen LogP contribution < -0.4 is 0 Å². The Bertz CT molecular complexity index is 870. The number of alkyl halides is 3. The van der Waals surface area contributed by atoms with Gasteiger partial charge in [0, 0.05) is 18.2 Å². The summed E-state index contributed by atoms with van der Waals surface area (Å²) in [6.45, 7) is 1.97. The van der Waals surface area contributed by atoms with Gasteiger partial charge in [-0.3, -0.25) is 14.5 Å². The highest BCUT2D eigenvalue weighted by Gasteiger charge is 2.34. The van der Waals surface area contributed by atoms with Gasteiger partial charge in [-0.1, -0.05) is 12.1 Å². The number of carbonyl (C=O) groups is 2. The van der Waals surface area contributed by atoms with Crippen molar-refractivity contribution in [3.63, 3.8) is 0 Å². The summed E-state index contributed by atoms with van der Waals surface area (Å²) in [6.07, 6.45) is -3.03. The minimum atomic E-state index is -4.44. The Kier molecular flexibility index (Phi) is 4.47. The van der Waals surface area contributed by atoms with Crippen molar-refractivity contribution in [2.45, 2.75) is 13.1 Å². The number of imide groups is 1. The van der Waals surface area contributed by atoms with Crippen LogP contribution in [0.3, 0.4) is 0 Å². The first kappa shape index (κ1) is 17.3. The number of hydrogen-bond acceptors (Lipinski definition) is 4. The number of halogens is 3. The molecule has 130 valence electrons. The molecular formula is C17H12F3NO3S. The average Bonchev–Trinajstić information content (AvgIpc) is 3.12. The quantitative estimate of drug-likeness (QED) is 0.715. The lowest BCUT2D eigenvalue weighted by Gasteiger charge is -2.07. The van der Waals surface area contributed by atoms with E-state index in [-0.39, 0.29) is 33.8 Å². The molecule has 0 N–H and O–H groups in total. The Labute approximate surface area is 145 Å². The molecule has 0 spiro atoms. The lowest BCUT2D eigenvalue weighted by Crippen LogP contribution is -2.27. The molecule has 3 rings (SSSR count). The molecule has 0 bridgehead atoms. The number of nitrogens with zero attached hydrogens (tertiary/aromatic N) is 1. The maximum Gasteiger partial charge on any atom is 0.416 e. The molecule has 8 heteroatoms. The van der Waals surface area contributed by atoms with Gasteiger partial charge in [-0.15, -0.1) is 0 Å². The van der Waals surface area contributed by atoms with Crippen molar-refractivity contribution >= 4 is 29.0 Å². The van der Waals surface area contributed by atoms with Crippen LogP contribution in [-0.2, 0) is 11.0 Å². The molecule has 1 aromatic carbocycles. The maximum absolute atomic E-state index is 12.8. The van der Waals surface area contributed by atoms with E-state index in [1.165, 1.54) is 30.3 Å². The number of rotatable bonds is 3. The standard InChI is InChI=1S/C17H12F3NO3S/c1-2-21-15(22)14(25-16(21)23)9-12-6-7-13(24-12)10-4-3-5-11(8-10)17(18,19)20/h3-9H,2H2,1H3/b14-9+. The molecule has 1 aliphatic heterocycles. The average molecular weight is 367 g/mol. The highest BCUT2D eigenvalue weighted by Crippen LogP contribution is 2.35. The predicted octanol–water partition coefficient (Wildman–Crippen LogP) is 5.02. The van der Waals surface area contributed by atoms with Crippen LogP contribution >= 0.6 is 11.8 Å². The summed E-state index contributed by atoms with van der Waals surface area (Å²) in [5.74, 6) is 0.121. The Balaban J connectivity index is 1.88. The van der Waals surface area contributed by atoms with E-state index in [1.54, 1.807) is 6.92 Å². The lowest BCUT2D eigenvalue weighted by atomic mass is 10.1. The van der Waals surface area contributed by atoms with Gasteiger partial charge in [0.05, 0.1) is 10.5 Å². The molecular weight excluding hydrogens is 355 g/mol. The Hall–Kier alpha value is -2.48. The van der Waals surface area contributed by atoms with Crippen LogP contribution in [-0.4, -0.2) is 22.6 Å². The second kappa shape index (κ2) is 6.44. The van der Waals surface area contributed by atoms with Crippen molar-refractivity contribution in [3.05, 3.63) is 52.6 Å². The van der Waals surface area contributed by atoms with E-state index in [0.717, 1.165) is 28.8 Å². The van der Waals surface area contributed by atoms with Gasteiger partial charge in [0.25, 0.3) is 11.1 Å². The summed E-state index contributed by atoms with van der Waals surface area (Å²) >= 11 is 0.802. The number of furan rings is 1. The topological polar surface area (TPSA) is 50.5 Å². The van der Waals surface area contributed by atoms with E-state index in [4.69, 9.17) is 4.42 Å². The molecule has 0 atom stereocenters. The third-order valence-corrected chi connectivity index (χ3v) is 4.47. The van der Waals surface area contributed by atoms with Crippen LogP contribution in [0.1, 0.15) is 18.2 Å². The molecule has 0 unspecified atom stereocenters. The fraction of sp³-hybridized carbons (Fsp3) is 0.176. The minimum absolute atomic E-state index is 0.219. The normalized spacial score (nSPS) is 17.0. The van der Waals surface area contributed by atoms with Crippen molar-refractivity contribution in [2.24, 2.45) is 0 Å². The molecule has 1 saturated heterocycles. The van der Waals surface area contributed by atoms with Crippen LogP contribution in [0.25, 0.3) is 17.4 Å². The summed E-state index contributed by atoms with van der Waals surface area (Å²) in [5, 5.41) is -0.358. The van der Waals surface area contributed by atoms with E-state index in [9.17, 15) is 22.8 Å². The first-order valence-corrected chi connectivity index (χ1v) is 8.14. The van der Waals surface area contributed by atoms with E-state index < -0.39 is 17.6 Å². The summed E-state index contributed by atoms with van der Waals surface area (Å²) in [5.41, 5.74) is -0.497. The molecule has 2 heterocycles. The number of carbonyl (C=O) groups excluding carboxylic acids is 2. The zero-order valence-electron chi connectivity index (χ0n) is 13.0. The summed E-state index contributed by atoms with van der Waals surface area (Å²) in [7, 11) is 0. The number of hydrogen-bond donors (Lipinski definition) is 0. The van der Waals surface area contributed by atoms with Crippen molar-refractivity contribution in [3.8, 4) is 11.3 Å². The van der Waals surface area contributed by atoms with Crippen LogP contribution in [0.5, 0.6) is 0 Å². The zero-order chi connectivity index (χ0) is 18.2. The minimum Gasteiger partial charge on any atom is -0.457 e. The molecule has 1 fully saturated rings. The summed E-state index contributed by atoms with van der Waals surface area (Å²) in [6, 6.07) is 7.83. The Morgan fingerprint density at radius 3 is 2.60 bits per heavy atom. The predicted molar refractivity (Wildman–Crippen MR) is 87.5 cm³/mol. The molecule has 2 aromatic rings. The molecule has 0 radical (unpaired) electrons. The smallest absolute Gasteiger partial charge is 0.416 e. The maximum atomic E-state index is 12.8. The van der Waals surface area contributed by atoms with Gasteiger partial charge < -0.3 is 4.42 Å². The molecule has 1 aliphatic rings. The van der Waals surface area contributed by atoms with Crippen molar-refractivity contribution in [1.29, 1.82) is 0 Å². The van der Waals surface area contributed by atoms with Crippen LogP contribution in [0, 0.1) is 0 Å². The van der Waals surface area contributed by atoms with Gasteiger partial charge in [0.2, 0.25) is 0 Å². The van der Waals surface area contributed by atoms with Crippen LogP contribution in [0.15, 0.2) is 45.7 Å². The first-order chi connectivity index (χ1) is 11.8. The molecule has 0 saturated carbocycles. The van der Waals surface area contributed by atoms with Crippen LogP contribution in [0.2, 0.25) is 0 Å². The number of amides is 2. The number of thioether (sulfide) groups is 1. The van der Waals surface area contributed by atoms with Gasteiger partial charge in [-0.2, -0.15) is 13.2 Å². The third-order valence-electron chi connectivity index (χ3n) is 3.56. The Morgan fingerprint density at radius 1 is 1.20 bits per heavy atom. The van der Waals surface area contributed by atoms with Gasteiger partial charge in [-0.05, 0) is 43.0 Å². The van der Waals surface area contributed by atoms with E-state index in [1.807, 2.05) is 0 Å². The van der Waals surface area contributed by atoms with Crippen molar-refractivity contribution < 1.29 is 27.2 Å². The molecule has 0 aliphatic carbocycles. The largest absolute Gasteiger partial charge is 0.457 e. The fourth-order valence-corrected chi connectivity index (χ4v) is 3.22. The van der Waals surface area contributed by atoms with Gasteiger partial charge in [-0.25, -0.2) is 0 Å². The highest BCUT2D eigenvalue weighted by molar-refractivity contribution is 8.18. The SMILES string of the molecule is CCN1C(=O)S/C(=C/c2ccc(-c3cccc(C(F)(F)F)c3)o2)C1=O. The van der Waals surface area contributed by atoms with E-state index in [2.05, 4.69) is 0 Å². The monoisotopic (exact) mass is 367 g/mol. The van der Waals surface area contributed by atoms with Gasteiger partial charge in [0.15, 0.2) is 0 Å². The van der Waals surface area contributed by atoms with Crippen molar-refractivity contribution in [1.82, 2.24) is 4.90 Å². The molecule has 4 nitrogen and oxygen atoms in total. The lowest BCUT2D eigenvalue weighted by molar-refractivity contribution is -0.137. The summed E-state index contributed by atoms with van der Waals surface area (Å²) < 4.78 is 43.9. The third kappa shape index (κ3) is 3.48.